The largest absolute Gasteiger partial charge is 0.508 e. The first-order valence-corrected chi connectivity index (χ1v) is 14.6. The highest BCUT2D eigenvalue weighted by molar-refractivity contribution is 5.94. The van der Waals surface area contributed by atoms with Gasteiger partial charge in [0.2, 0.25) is 0 Å². The third-order valence-electron chi connectivity index (χ3n) is 10.2. The molecule has 5 rings (SSSR count). The molecule has 0 aliphatic heterocycles. The van der Waals surface area contributed by atoms with Crippen LogP contribution in [0.1, 0.15) is 101 Å². The molecule has 39 heavy (non-hydrogen) atoms. The summed E-state index contributed by atoms with van der Waals surface area (Å²) in [7, 11) is 0. The first kappa shape index (κ1) is 29.2. The number of hydrogen-bond donors (Lipinski definition) is 2. The lowest BCUT2D eigenvalue weighted by Gasteiger charge is -2.57. The maximum absolute atomic E-state index is 11.9. The van der Waals surface area contributed by atoms with Gasteiger partial charge in [-0.1, -0.05) is 26.3 Å². The number of carbonyl (C=O) groups is 3. The number of aromatic hydroxyl groups is 2. The Morgan fingerprint density at radius 2 is 1.74 bits per heavy atom. The Morgan fingerprint density at radius 3 is 2.41 bits per heavy atom. The summed E-state index contributed by atoms with van der Waals surface area (Å²) >= 11 is 0. The fraction of sp³-hybridized carbons (Fsp3) is 0.656. The fourth-order valence-electron chi connectivity index (χ4n) is 8.17. The summed E-state index contributed by atoms with van der Waals surface area (Å²) in [5, 5.41) is 18.5. The second-order valence-corrected chi connectivity index (χ2v) is 12.3. The zero-order valence-corrected chi connectivity index (χ0v) is 24.0. The zero-order chi connectivity index (χ0) is 28.5. The molecule has 1 aromatic rings. The van der Waals surface area contributed by atoms with E-state index in [9.17, 15) is 19.5 Å². The Hall–Kier alpha value is -2.83. The standard InChI is InChI=1S/C22H32O3.C10H12O4/c1-4-20(24)25-19-8-7-17-16-6-5-14-13-15(23)9-11-21(14,2)18(16)10-12-22(17,19)3;1-3-14-10(13)9-6(2)4-7(11)5-8(9)12/h13,16-19H,4-12H2,1-3H3;4-5,11-12H,3H2,1-2H3. The van der Waals surface area contributed by atoms with Gasteiger partial charge in [-0.15, -0.1) is 0 Å². The second kappa shape index (κ2) is 11.3. The number of carbonyl (C=O) groups excluding carboxylic acids is 3. The van der Waals surface area contributed by atoms with Crippen molar-refractivity contribution in [3.05, 3.63) is 34.9 Å². The van der Waals surface area contributed by atoms with E-state index in [1.807, 2.05) is 13.0 Å². The van der Waals surface area contributed by atoms with Crippen LogP contribution in [0.4, 0.5) is 0 Å². The highest BCUT2D eigenvalue weighted by Gasteiger charge is 2.59. The molecule has 4 aliphatic rings. The Labute approximate surface area is 232 Å². The predicted molar refractivity (Wildman–Crippen MR) is 147 cm³/mol. The van der Waals surface area contributed by atoms with E-state index in [2.05, 4.69) is 13.8 Å². The van der Waals surface area contributed by atoms with E-state index in [-0.39, 0.29) is 46.6 Å². The highest BCUT2D eigenvalue weighted by atomic mass is 16.5. The molecule has 7 heteroatoms. The zero-order valence-electron chi connectivity index (χ0n) is 24.0. The third kappa shape index (κ3) is 5.46. The van der Waals surface area contributed by atoms with Crippen molar-refractivity contribution in [1.82, 2.24) is 0 Å². The van der Waals surface area contributed by atoms with Crippen LogP contribution >= 0.6 is 0 Å². The van der Waals surface area contributed by atoms with Gasteiger partial charge in [0.15, 0.2) is 5.78 Å². The van der Waals surface area contributed by atoms with Gasteiger partial charge in [0.05, 0.1) is 6.61 Å². The summed E-state index contributed by atoms with van der Waals surface area (Å²) in [5.41, 5.74) is 2.41. The molecule has 214 valence electrons. The van der Waals surface area contributed by atoms with Crippen LogP contribution in [0.25, 0.3) is 0 Å². The van der Waals surface area contributed by atoms with Crippen LogP contribution in [-0.2, 0) is 19.1 Å². The summed E-state index contributed by atoms with van der Waals surface area (Å²) < 4.78 is 10.6. The van der Waals surface area contributed by atoms with Crippen LogP contribution in [0.15, 0.2) is 23.8 Å². The van der Waals surface area contributed by atoms with Crippen LogP contribution in [0.2, 0.25) is 0 Å². The third-order valence-corrected chi connectivity index (χ3v) is 10.2. The molecule has 0 heterocycles. The molecule has 0 spiro atoms. The van der Waals surface area contributed by atoms with Gasteiger partial charge in [0.1, 0.15) is 23.2 Å². The Bertz CT molecular complexity index is 1130. The van der Waals surface area contributed by atoms with E-state index in [0.717, 1.165) is 44.1 Å². The predicted octanol–water partition coefficient (Wildman–Crippen LogP) is 6.42. The van der Waals surface area contributed by atoms with Crippen molar-refractivity contribution in [2.45, 2.75) is 98.5 Å². The SMILES string of the molecule is CCC(=O)OC1CCC2C3CCC4=CC(=O)CCC4(C)C3CCC12C.CCOC(=O)c1c(C)cc(O)cc1O. The summed E-state index contributed by atoms with van der Waals surface area (Å²) in [6.45, 7) is 10.2. The summed E-state index contributed by atoms with van der Waals surface area (Å²) in [4.78, 5) is 35.1. The number of phenolic OH excluding ortho intramolecular Hbond substituents is 2. The van der Waals surface area contributed by atoms with Gasteiger partial charge in [-0.05, 0) is 99.7 Å². The highest BCUT2D eigenvalue weighted by Crippen LogP contribution is 2.65. The number of hydrogen-bond acceptors (Lipinski definition) is 7. The molecule has 2 N–H and O–H groups in total. The van der Waals surface area contributed by atoms with E-state index in [0.29, 0.717) is 29.6 Å². The first-order valence-electron chi connectivity index (χ1n) is 14.6. The molecule has 7 nitrogen and oxygen atoms in total. The number of ether oxygens (including phenoxy) is 2. The van der Waals surface area contributed by atoms with Crippen molar-refractivity contribution in [2.75, 3.05) is 6.61 Å². The number of esters is 2. The van der Waals surface area contributed by atoms with Gasteiger partial charge in [-0.3, -0.25) is 9.59 Å². The maximum atomic E-state index is 11.9. The number of allylic oxidation sites excluding steroid dienone is 1. The number of phenols is 2. The average Bonchev–Trinajstić information content (AvgIpc) is 3.20. The van der Waals surface area contributed by atoms with Crippen molar-refractivity contribution >= 4 is 17.7 Å². The Morgan fingerprint density at radius 1 is 1.00 bits per heavy atom. The minimum absolute atomic E-state index is 0.0411. The lowest BCUT2D eigenvalue weighted by Crippen LogP contribution is -2.51. The van der Waals surface area contributed by atoms with Crippen molar-refractivity contribution in [1.29, 1.82) is 0 Å². The molecule has 0 aromatic heterocycles. The van der Waals surface area contributed by atoms with Crippen LogP contribution in [0.5, 0.6) is 11.5 Å². The molecular weight excluding hydrogens is 496 g/mol. The van der Waals surface area contributed by atoms with Crippen molar-refractivity contribution in [2.24, 2.45) is 28.6 Å². The van der Waals surface area contributed by atoms with Gasteiger partial charge >= 0.3 is 11.9 Å². The van der Waals surface area contributed by atoms with Crippen LogP contribution in [0.3, 0.4) is 0 Å². The van der Waals surface area contributed by atoms with Crippen molar-refractivity contribution < 1.29 is 34.1 Å². The Balaban J connectivity index is 0.000000215. The molecule has 0 saturated heterocycles. The van der Waals surface area contributed by atoms with E-state index in [1.54, 1.807) is 13.8 Å². The van der Waals surface area contributed by atoms with Gasteiger partial charge in [-0.25, -0.2) is 4.79 Å². The van der Waals surface area contributed by atoms with Crippen LogP contribution in [0, 0.1) is 35.5 Å². The number of fused-ring (bicyclic) bond motifs is 5. The van der Waals surface area contributed by atoms with Gasteiger partial charge < -0.3 is 19.7 Å². The molecule has 0 radical (unpaired) electrons. The minimum Gasteiger partial charge on any atom is -0.508 e. The quantitative estimate of drug-likeness (QED) is 0.424. The molecule has 1 aromatic carbocycles. The molecule has 0 amide bonds. The molecule has 0 bridgehead atoms. The lowest BCUT2D eigenvalue weighted by molar-refractivity contribution is -0.159. The van der Waals surface area contributed by atoms with Crippen molar-refractivity contribution in [3.63, 3.8) is 0 Å². The molecule has 3 saturated carbocycles. The number of aryl methyl sites for hydroxylation is 1. The molecule has 4 aliphatic carbocycles. The van der Waals surface area contributed by atoms with E-state index < -0.39 is 5.97 Å². The fourth-order valence-corrected chi connectivity index (χ4v) is 8.17. The molecule has 3 fully saturated rings. The number of benzene rings is 1. The molecule has 6 atom stereocenters. The maximum Gasteiger partial charge on any atom is 0.342 e. The van der Waals surface area contributed by atoms with Gasteiger partial charge in [-0.2, -0.15) is 0 Å². The minimum atomic E-state index is -0.581. The van der Waals surface area contributed by atoms with Crippen molar-refractivity contribution in [3.8, 4) is 11.5 Å². The summed E-state index contributed by atoms with van der Waals surface area (Å²) in [5.74, 6) is 1.49. The van der Waals surface area contributed by atoms with Crippen LogP contribution < -0.4 is 0 Å². The number of rotatable bonds is 4. The summed E-state index contributed by atoms with van der Waals surface area (Å²) in [6, 6.07) is 2.51. The smallest absolute Gasteiger partial charge is 0.342 e. The number of ketones is 1. The summed E-state index contributed by atoms with van der Waals surface area (Å²) in [6.07, 6.45) is 11.3. The van der Waals surface area contributed by atoms with E-state index in [4.69, 9.17) is 14.6 Å². The molecule has 6 unspecified atom stereocenters. The Kier molecular flexibility index (Phi) is 8.48. The lowest BCUT2D eigenvalue weighted by atomic mass is 9.47. The topological polar surface area (TPSA) is 110 Å². The van der Waals surface area contributed by atoms with Gasteiger partial charge in [0.25, 0.3) is 0 Å². The first-order chi connectivity index (χ1) is 18.4. The van der Waals surface area contributed by atoms with Gasteiger partial charge in [0, 0.05) is 24.3 Å². The van der Waals surface area contributed by atoms with E-state index >= 15 is 0 Å². The normalized spacial score (nSPS) is 32.9. The monoisotopic (exact) mass is 540 g/mol. The average molecular weight is 541 g/mol. The van der Waals surface area contributed by atoms with Crippen LogP contribution in [-0.4, -0.2) is 40.6 Å². The van der Waals surface area contributed by atoms with E-state index in [1.165, 1.54) is 30.9 Å². The molecular formula is C32H44O7. The second-order valence-electron chi connectivity index (χ2n) is 12.3.